The Labute approximate surface area is 178 Å². The van der Waals surface area contributed by atoms with E-state index in [0.717, 1.165) is 16.8 Å². The maximum absolute atomic E-state index is 12.6. The lowest BCUT2D eigenvalue weighted by Crippen LogP contribution is -2.21. The summed E-state index contributed by atoms with van der Waals surface area (Å²) in [5.74, 6) is 1.16. The molecule has 3 heterocycles. The highest BCUT2D eigenvalue weighted by Crippen LogP contribution is 2.26. The van der Waals surface area contributed by atoms with Crippen molar-refractivity contribution in [3.05, 3.63) is 82.8 Å². The zero-order chi connectivity index (χ0) is 21.8. The van der Waals surface area contributed by atoms with Crippen LogP contribution in [0.5, 0.6) is 5.75 Å². The fourth-order valence-electron chi connectivity index (χ4n) is 3.23. The first-order valence-corrected chi connectivity index (χ1v) is 9.76. The Kier molecular flexibility index (Phi) is 5.85. The third-order valence-electron chi connectivity index (χ3n) is 4.66. The first kappa shape index (κ1) is 20.4. The van der Waals surface area contributed by atoms with Crippen LogP contribution in [0.3, 0.4) is 0 Å². The van der Waals surface area contributed by atoms with E-state index in [4.69, 9.17) is 9.47 Å². The van der Waals surface area contributed by atoms with Gasteiger partial charge in [-0.3, -0.25) is 9.48 Å². The van der Waals surface area contributed by atoms with Crippen LogP contribution in [-0.2, 0) is 11.8 Å². The molecule has 1 atom stereocenters. The van der Waals surface area contributed by atoms with Gasteiger partial charge in [-0.2, -0.15) is 10.2 Å². The maximum atomic E-state index is 12.6. The van der Waals surface area contributed by atoms with Crippen LogP contribution in [0.25, 0.3) is 17.1 Å². The van der Waals surface area contributed by atoms with Crippen molar-refractivity contribution in [3.63, 3.8) is 0 Å². The molecule has 1 aromatic carbocycles. The monoisotopic (exact) mass is 418 g/mol. The Morgan fingerprint density at radius 1 is 1.13 bits per heavy atom. The van der Waals surface area contributed by atoms with Gasteiger partial charge in [0.05, 0.1) is 31.4 Å². The highest BCUT2D eigenvalue weighted by Gasteiger charge is 2.20. The minimum atomic E-state index is -0.653. The van der Waals surface area contributed by atoms with E-state index in [1.54, 1.807) is 41.3 Å². The van der Waals surface area contributed by atoms with Crippen LogP contribution in [-0.4, -0.2) is 43.2 Å². The Morgan fingerprint density at radius 3 is 2.61 bits per heavy atom. The van der Waals surface area contributed by atoms with Gasteiger partial charge in [0.2, 0.25) is 5.43 Å². The van der Waals surface area contributed by atoms with Crippen LogP contribution in [0, 0.1) is 0 Å². The molecule has 0 fully saturated rings. The van der Waals surface area contributed by atoms with E-state index in [9.17, 15) is 4.79 Å². The summed E-state index contributed by atoms with van der Waals surface area (Å²) in [5.41, 5.74) is 2.38. The average molecular weight is 418 g/mol. The highest BCUT2D eigenvalue weighted by atomic mass is 16.5. The first-order valence-electron chi connectivity index (χ1n) is 9.76. The number of hydrogen-bond acceptors (Lipinski definition) is 7. The van der Waals surface area contributed by atoms with Gasteiger partial charge in [-0.25, -0.2) is 14.6 Å². The van der Waals surface area contributed by atoms with Crippen molar-refractivity contribution in [2.45, 2.75) is 13.0 Å². The Morgan fingerprint density at radius 2 is 1.94 bits per heavy atom. The van der Waals surface area contributed by atoms with Gasteiger partial charge in [0, 0.05) is 32.0 Å². The predicted molar refractivity (Wildman–Crippen MR) is 114 cm³/mol. The summed E-state index contributed by atoms with van der Waals surface area (Å²) in [6.45, 7) is 2.45. The van der Waals surface area contributed by atoms with Crippen molar-refractivity contribution >= 4 is 0 Å². The standard InChI is InChI=1S/C22H22N6O3/c1-4-31-18-12-23-22(24-13-18)16-7-5-6-15(10-16)21(30-3)20-19(29)8-9-28(26-20)17-11-25-27(2)14-17/h5-14,21H,4H2,1-3H3. The number of rotatable bonds is 7. The fraction of sp³-hybridized carbons (Fsp3) is 0.227. The van der Waals surface area contributed by atoms with Gasteiger partial charge in [-0.1, -0.05) is 18.2 Å². The number of nitrogens with zero attached hydrogens (tertiary/aromatic N) is 6. The minimum absolute atomic E-state index is 0.213. The number of aromatic nitrogens is 6. The van der Waals surface area contributed by atoms with Gasteiger partial charge in [0.1, 0.15) is 17.5 Å². The second-order valence-electron chi connectivity index (χ2n) is 6.80. The molecule has 9 heteroatoms. The van der Waals surface area contributed by atoms with Gasteiger partial charge in [-0.15, -0.1) is 0 Å². The fourth-order valence-corrected chi connectivity index (χ4v) is 3.23. The molecule has 31 heavy (non-hydrogen) atoms. The van der Waals surface area contributed by atoms with Crippen LogP contribution in [0.15, 0.2) is 66.1 Å². The number of methoxy groups -OCH3 is 1. The first-order chi connectivity index (χ1) is 15.1. The molecule has 0 saturated carbocycles. The van der Waals surface area contributed by atoms with Crippen LogP contribution in [0.4, 0.5) is 0 Å². The molecule has 9 nitrogen and oxygen atoms in total. The Bertz CT molecular complexity index is 1230. The van der Waals surface area contributed by atoms with Crippen molar-refractivity contribution in [2.75, 3.05) is 13.7 Å². The van der Waals surface area contributed by atoms with Gasteiger partial charge >= 0.3 is 0 Å². The van der Waals surface area contributed by atoms with Gasteiger partial charge < -0.3 is 9.47 Å². The van der Waals surface area contributed by atoms with E-state index in [1.165, 1.54) is 6.07 Å². The van der Waals surface area contributed by atoms with Gasteiger partial charge in [0.15, 0.2) is 11.6 Å². The number of aryl methyl sites for hydroxylation is 1. The Hall–Kier alpha value is -3.85. The zero-order valence-electron chi connectivity index (χ0n) is 17.5. The van der Waals surface area contributed by atoms with E-state index in [-0.39, 0.29) is 11.1 Å². The molecule has 0 saturated heterocycles. The lowest BCUT2D eigenvalue weighted by molar-refractivity contribution is 0.130. The van der Waals surface area contributed by atoms with Crippen LogP contribution >= 0.6 is 0 Å². The topological polar surface area (TPSA) is 97.0 Å². The molecule has 1 unspecified atom stereocenters. The van der Waals surface area contributed by atoms with E-state index in [1.807, 2.05) is 44.4 Å². The van der Waals surface area contributed by atoms with Crippen molar-refractivity contribution < 1.29 is 9.47 Å². The van der Waals surface area contributed by atoms with E-state index >= 15 is 0 Å². The minimum Gasteiger partial charge on any atom is -0.491 e. The number of benzene rings is 1. The summed E-state index contributed by atoms with van der Waals surface area (Å²) < 4.78 is 14.4. The van der Waals surface area contributed by atoms with E-state index in [0.29, 0.717) is 18.2 Å². The molecule has 0 amide bonds. The molecule has 0 spiro atoms. The second-order valence-corrected chi connectivity index (χ2v) is 6.80. The Balaban J connectivity index is 1.70. The number of ether oxygens (including phenoxy) is 2. The molecule has 0 aliphatic heterocycles. The van der Waals surface area contributed by atoms with Crippen LogP contribution < -0.4 is 10.2 Å². The van der Waals surface area contributed by atoms with E-state index in [2.05, 4.69) is 20.2 Å². The lowest BCUT2D eigenvalue weighted by Gasteiger charge is -2.16. The molecule has 0 N–H and O–H groups in total. The molecular weight excluding hydrogens is 396 g/mol. The molecule has 0 aliphatic carbocycles. The van der Waals surface area contributed by atoms with Crippen molar-refractivity contribution in [1.82, 2.24) is 29.5 Å². The lowest BCUT2D eigenvalue weighted by atomic mass is 10.0. The second kappa shape index (κ2) is 8.88. The summed E-state index contributed by atoms with van der Waals surface area (Å²) in [5, 5.41) is 8.67. The van der Waals surface area contributed by atoms with Crippen molar-refractivity contribution in [1.29, 1.82) is 0 Å². The number of hydrogen-bond donors (Lipinski definition) is 0. The zero-order valence-corrected chi connectivity index (χ0v) is 17.5. The average Bonchev–Trinajstić information content (AvgIpc) is 3.23. The van der Waals surface area contributed by atoms with Crippen molar-refractivity contribution in [2.24, 2.45) is 7.05 Å². The molecule has 158 valence electrons. The van der Waals surface area contributed by atoms with Crippen molar-refractivity contribution in [3.8, 4) is 22.8 Å². The summed E-state index contributed by atoms with van der Waals surface area (Å²) in [7, 11) is 3.37. The molecule has 3 aromatic heterocycles. The quantitative estimate of drug-likeness (QED) is 0.455. The third-order valence-corrected chi connectivity index (χ3v) is 4.66. The maximum Gasteiger partial charge on any atom is 0.206 e. The summed E-state index contributed by atoms with van der Waals surface area (Å²) in [6.07, 6.45) is 7.72. The SMILES string of the molecule is CCOc1cnc(-c2cccc(C(OC)c3nn(-c4cnn(C)c4)ccc3=O)c2)nc1. The smallest absolute Gasteiger partial charge is 0.206 e. The normalized spacial score (nSPS) is 12.0. The highest BCUT2D eigenvalue weighted by molar-refractivity contribution is 5.56. The predicted octanol–water partition coefficient (Wildman–Crippen LogP) is 2.56. The third kappa shape index (κ3) is 4.36. The van der Waals surface area contributed by atoms with Crippen LogP contribution in [0.2, 0.25) is 0 Å². The largest absolute Gasteiger partial charge is 0.491 e. The molecule has 4 rings (SSSR count). The summed E-state index contributed by atoms with van der Waals surface area (Å²) in [4.78, 5) is 21.4. The summed E-state index contributed by atoms with van der Waals surface area (Å²) in [6, 6.07) is 9.03. The molecule has 0 bridgehead atoms. The van der Waals surface area contributed by atoms with Gasteiger partial charge in [-0.05, 0) is 18.6 Å². The summed E-state index contributed by atoms with van der Waals surface area (Å²) >= 11 is 0. The molecule has 4 aromatic rings. The van der Waals surface area contributed by atoms with Gasteiger partial charge in [0.25, 0.3) is 0 Å². The molecule has 0 aliphatic rings. The van der Waals surface area contributed by atoms with E-state index < -0.39 is 6.10 Å². The molecule has 0 radical (unpaired) electrons. The molecular formula is C22H22N6O3. The van der Waals surface area contributed by atoms with Crippen LogP contribution in [0.1, 0.15) is 24.3 Å².